The van der Waals surface area contributed by atoms with Crippen molar-refractivity contribution in [3.63, 3.8) is 0 Å². The van der Waals surface area contributed by atoms with Gasteiger partial charge in [-0.3, -0.25) is 0 Å². The molecule has 3 aliphatic rings. The SMILES string of the molecule is c1cc2ccc3c4c2c(c1)c1ccc2cccc5c6ccc7cccc3c7c6N4c1c25. The topological polar surface area (TPSA) is 3.24 Å². The third kappa shape index (κ3) is 1.45. The molecule has 1 heteroatoms. The van der Waals surface area contributed by atoms with E-state index in [1.54, 1.807) is 0 Å². The van der Waals surface area contributed by atoms with Gasteiger partial charge in [-0.1, -0.05) is 91.0 Å². The summed E-state index contributed by atoms with van der Waals surface area (Å²) in [6, 6.07) is 34.2. The first-order chi connectivity index (χ1) is 15.4. The normalized spacial score (nSPS) is 13.7. The number of rotatable bonds is 0. The van der Waals surface area contributed by atoms with E-state index in [-0.39, 0.29) is 0 Å². The van der Waals surface area contributed by atoms with Gasteiger partial charge in [-0.2, -0.15) is 0 Å². The average Bonchev–Trinajstić information content (AvgIpc) is 2.83. The van der Waals surface area contributed by atoms with Crippen LogP contribution in [-0.2, 0) is 0 Å². The highest BCUT2D eigenvalue weighted by Gasteiger charge is 2.33. The lowest BCUT2D eigenvalue weighted by atomic mass is 9.84. The Morgan fingerprint density at radius 2 is 0.677 bits per heavy atom. The second-order valence-corrected chi connectivity index (χ2v) is 8.93. The molecule has 6 aromatic rings. The molecule has 0 atom stereocenters. The lowest BCUT2D eigenvalue weighted by molar-refractivity contribution is 1.36. The lowest BCUT2D eigenvalue weighted by Gasteiger charge is -2.39. The number of fused-ring (bicyclic) bond motifs is 3. The van der Waals surface area contributed by atoms with E-state index in [2.05, 4.69) is 95.9 Å². The van der Waals surface area contributed by atoms with Crippen molar-refractivity contribution in [2.75, 3.05) is 4.90 Å². The van der Waals surface area contributed by atoms with Crippen LogP contribution in [0, 0.1) is 0 Å². The van der Waals surface area contributed by atoms with Crippen molar-refractivity contribution in [1.82, 2.24) is 0 Å². The summed E-state index contributed by atoms with van der Waals surface area (Å²) in [6.07, 6.45) is 0. The molecule has 0 amide bonds. The predicted octanol–water partition coefficient (Wildman–Crippen LogP) is 8.70. The molecular formula is C30H15N. The van der Waals surface area contributed by atoms with Crippen molar-refractivity contribution >= 4 is 81.7 Å². The van der Waals surface area contributed by atoms with Crippen LogP contribution in [0.15, 0.2) is 91.0 Å². The van der Waals surface area contributed by atoms with Crippen molar-refractivity contribution in [3.05, 3.63) is 91.0 Å². The van der Waals surface area contributed by atoms with Crippen LogP contribution in [0.5, 0.6) is 0 Å². The van der Waals surface area contributed by atoms with Crippen molar-refractivity contribution in [3.8, 4) is 0 Å². The molecule has 0 bridgehead atoms. The summed E-state index contributed by atoms with van der Waals surface area (Å²) in [5.41, 5.74) is 4.07. The zero-order valence-electron chi connectivity index (χ0n) is 16.6. The van der Waals surface area contributed by atoms with E-state index < -0.39 is 0 Å². The van der Waals surface area contributed by atoms with Crippen molar-refractivity contribution < 1.29 is 0 Å². The molecule has 0 spiro atoms. The maximum Gasteiger partial charge on any atom is 0.0625 e. The third-order valence-corrected chi connectivity index (χ3v) is 7.60. The van der Waals surface area contributed by atoms with Gasteiger partial charge in [-0.15, -0.1) is 0 Å². The summed E-state index contributed by atoms with van der Waals surface area (Å²) in [7, 11) is 0. The summed E-state index contributed by atoms with van der Waals surface area (Å²) in [6.45, 7) is 0. The maximum atomic E-state index is 2.60. The molecule has 3 aliphatic heterocycles. The highest BCUT2D eigenvalue weighted by atomic mass is 15.2. The van der Waals surface area contributed by atoms with Crippen molar-refractivity contribution in [2.45, 2.75) is 0 Å². The van der Waals surface area contributed by atoms with E-state index in [4.69, 9.17) is 0 Å². The molecule has 31 heavy (non-hydrogen) atoms. The van der Waals surface area contributed by atoms with Crippen LogP contribution in [0.3, 0.4) is 0 Å². The third-order valence-electron chi connectivity index (χ3n) is 7.60. The van der Waals surface area contributed by atoms with Gasteiger partial charge >= 0.3 is 0 Å². The lowest BCUT2D eigenvalue weighted by Crippen LogP contribution is -2.18. The van der Waals surface area contributed by atoms with E-state index in [0.29, 0.717) is 0 Å². The molecule has 0 unspecified atom stereocenters. The molecular weight excluding hydrogens is 374 g/mol. The molecule has 140 valence electrons. The Hall–Kier alpha value is -4.10. The minimum absolute atomic E-state index is 1.31. The van der Waals surface area contributed by atoms with Gasteiger partial charge in [-0.05, 0) is 32.3 Å². The summed E-state index contributed by atoms with van der Waals surface area (Å²) < 4.78 is 0. The van der Waals surface area contributed by atoms with E-state index in [0.717, 1.165) is 0 Å². The van der Waals surface area contributed by atoms with Gasteiger partial charge in [0.25, 0.3) is 0 Å². The van der Waals surface area contributed by atoms with Crippen LogP contribution >= 0.6 is 0 Å². The molecule has 0 radical (unpaired) electrons. The predicted molar refractivity (Wildman–Crippen MR) is 133 cm³/mol. The molecule has 9 rings (SSSR count). The van der Waals surface area contributed by atoms with Crippen LogP contribution in [0.25, 0.3) is 64.6 Å². The average molecular weight is 389 g/mol. The molecule has 6 aromatic carbocycles. The molecule has 0 fully saturated rings. The summed E-state index contributed by atoms with van der Waals surface area (Å²) in [5.74, 6) is 0. The Morgan fingerprint density at radius 3 is 1.03 bits per heavy atom. The molecule has 0 saturated carbocycles. The highest BCUT2D eigenvalue weighted by Crippen LogP contribution is 2.60. The molecule has 3 heterocycles. The van der Waals surface area contributed by atoms with Crippen LogP contribution in [-0.4, -0.2) is 0 Å². The second kappa shape index (κ2) is 4.63. The van der Waals surface area contributed by atoms with Gasteiger partial charge in [0.15, 0.2) is 0 Å². The van der Waals surface area contributed by atoms with Gasteiger partial charge in [0.1, 0.15) is 0 Å². The first-order valence-electron chi connectivity index (χ1n) is 10.9. The Bertz CT molecular complexity index is 1760. The minimum atomic E-state index is 1.31. The van der Waals surface area contributed by atoms with E-state index in [9.17, 15) is 0 Å². The molecule has 0 N–H and O–H groups in total. The van der Waals surface area contributed by atoms with Gasteiger partial charge in [-0.25, -0.2) is 0 Å². The second-order valence-electron chi connectivity index (χ2n) is 8.93. The van der Waals surface area contributed by atoms with E-state index in [1.165, 1.54) is 81.7 Å². The number of nitrogens with zero attached hydrogens (tertiary/aromatic N) is 1. The first-order valence-corrected chi connectivity index (χ1v) is 10.9. The minimum Gasteiger partial charge on any atom is -0.307 e. The zero-order chi connectivity index (χ0) is 19.8. The fourth-order valence-electron chi connectivity index (χ4n) is 6.44. The molecule has 0 saturated heterocycles. The standard InChI is InChI=1S/C30H15N/c1-4-16-10-13-23-20-8-3-6-18-12-15-24-21-9-2-5-17-11-14-22-19(7-1)25(16)29(23)31(28(22)26(17)21)30(24)27(18)20/h1-15H. The van der Waals surface area contributed by atoms with Crippen LogP contribution in [0.1, 0.15) is 0 Å². The van der Waals surface area contributed by atoms with E-state index in [1.807, 2.05) is 0 Å². The van der Waals surface area contributed by atoms with Gasteiger partial charge < -0.3 is 4.90 Å². The Balaban J connectivity index is 1.81. The van der Waals surface area contributed by atoms with E-state index >= 15 is 0 Å². The van der Waals surface area contributed by atoms with Crippen molar-refractivity contribution in [2.24, 2.45) is 0 Å². The van der Waals surface area contributed by atoms with Gasteiger partial charge in [0.05, 0.1) is 17.1 Å². The largest absolute Gasteiger partial charge is 0.307 e. The molecule has 0 aromatic heterocycles. The van der Waals surface area contributed by atoms with Crippen LogP contribution in [0.2, 0.25) is 0 Å². The highest BCUT2D eigenvalue weighted by molar-refractivity contribution is 6.40. The first kappa shape index (κ1) is 14.8. The van der Waals surface area contributed by atoms with Crippen LogP contribution in [0.4, 0.5) is 17.1 Å². The fourth-order valence-corrected chi connectivity index (χ4v) is 6.44. The van der Waals surface area contributed by atoms with Crippen molar-refractivity contribution in [1.29, 1.82) is 0 Å². The quantitative estimate of drug-likeness (QED) is 0.251. The summed E-state index contributed by atoms with van der Waals surface area (Å²) in [5, 5.41) is 16.2. The Kier molecular flexibility index (Phi) is 2.21. The monoisotopic (exact) mass is 389 g/mol. The smallest absolute Gasteiger partial charge is 0.0625 e. The molecule has 1 nitrogen and oxygen atoms in total. The Labute approximate surface area is 177 Å². The molecule has 0 aliphatic carbocycles. The van der Waals surface area contributed by atoms with Gasteiger partial charge in [0.2, 0.25) is 0 Å². The maximum absolute atomic E-state index is 2.60. The Morgan fingerprint density at radius 1 is 0.323 bits per heavy atom. The number of anilines is 3. The summed E-state index contributed by atoms with van der Waals surface area (Å²) in [4.78, 5) is 2.60. The number of benzene rings is 6. The van der Waals surface area contributed by atoms with Gasteiger partial charge in [0, 0.05) is 32.3 Å². The summed E-state index contributed by atoms with van der Waals surface area (Å²) >= 11 is 0. The zero-order valence-corrected chi connectivity index (χ0v) is 16.6. The number of hydrogen-bond donors (Lipinski definition) is 0. The number of hydrogen-bond acceptors (Lipinski definition) is 1. The fraction of sp³-hybridized carbons (Fsp3) is 0. The van der Waals surface area contributed by atoms with Crippen LogP contribution < -0.4 is 4.90 Å².